The molecule has 8 heteroatoms. The maximum atomic E-state index is 13.2. The number of anilines is 1. The van der Waals surface area contributed by atoms with Crippen molar-refractivity contribution >= 4 is 23.1 Å². The van der Waals surface area contributed by atoms with Gasteiger partial charge < -0.3 is 14.4 Å². The fourth-order valence-corrected chi connectivity index (χ4v) is 3.98. The summed E-state index contributed by atoms with van der Waals surface area (Å²) in [7, 11) is 3.15. The van der Waals surface area contributed by atoms with Gasteiger partial charge in [0.05, 0.1) is 18.8 Å². The maximum absolute atomic E-state index is 13.2. The molecule has 3 aromatic rings. The molecule has 0 spiro atoms. The van der Waals surface area contributed by atoms with E-state index in [0.29, 0.717) is 34.2 Å². The van der Waals surface area contributed by atoms with E-state index in [2.05, 4.69) is 4.99 Å². The number of thiazole rings is 1. The largest absolute Gasteiger partial charge is 0.493 e. The Labute approximate surface area is 164 Å². The van der Waals surface area contributed by atoms with E-state index in [4.69, 9.17) is 9.47 Å². The number of hydrogen-bond donors (Lipinski definition) is 0. The number of ether oxygens (including phenoxy) is 2. The molecule has 0 saturated carbocycles. The van der Waals surface area contributed by atoms with Crippen molar-refractivity contribution in [2.75, 3.05) is 25.8 Å². The molecule has 0 radical (unpaired) electrons. The third kappa shape index (κ3) is 3.38. The summed E-state index contributed by atoms with van der Waals surface area (Å²) in [5.41, 5.74) is 1.55. The van der Waals surface area contributed by atoms with Gasteiger partial charge in [-0.15, -0.1) is 0 Å². The van der Waals surface area contributed by atoms with Crippen LogP contribution in [-0.2, 0) is 6.67 Å². The molecule has 0 atom stereocenters. The van der Waals surface area contributed by atoms with Crippen molar-refractivity contribution < 1.29 is 13.9 Å². The van der Waals surface area contributed by atoms with Crippen molar-refractivity contribution in [1.29, 1.82) is 0 Å². The van der Waals surface area contributed by atoms with Crippen LogP contribution in [0, 0.1) is 5.82 Å². The Balaban J connectivity index is 1.69. The molecule has 4 rings (SSSR count). The van der Waals surface area contributed by atoms with E-state index in [1.165, 1.54) is 23.5 Å². The summed E-state index contributed by atoms with van der Waals surface area (Å²) in [6, 6.07) is 11.7. The van der Waals surface area contributed by atoms with Gasteiger partial charge in [-0.1, -0.05) is 17.4 Å². The molecule has 0 fully saturated rings. The van der Waals surface area contributed by atoms with E-state index in [1.807, 2.05) is 23.1 Å². The number of halogens is 1. The van der Waals surface area contributed by atoms with Crippen LogP contribution < -0.4 is 29.3 Å². The number of rotatable bonds is 4. The highest BCUT2D eigenvalue weighted by Gasteiger charge is 2.16. The van der Waals surface area contributed by atoms with Crippen molar-refractivity contribution in [2.24, 2.45) is 4.99 Å². The molecular weight excluding hydrogens is 381 g/mol. The quantitative estimate of drug-likeness (QED) is 0.673. The van der Waals surface area contributed by atoms with Gasteiger partial charge in [0.1, 0.15) is 19.2 Å². The Kier molecular flexibility index (Phi) is 4.87. The fourth-order valence-electron chi connectivity index (χ4n) is 3.02. The summed E-state index contributed by atoms with van der Waals surface area (Å²) in [6.07, 6.45) is 1.82. The van der Waals surface area contributed by atoms with E-state index in [-0.39, 0.29) is 11.4 Å². The van der Waals surface area contributed by atoms with Crippen molar-refractivity contribution in [1.82, 2.24) is 4.57 Å². The molecule has 1 aliphatic rings. The number of aromatic nitrogens is 1. The molecule has 0 saturated heterocycles. The first-order valence-corrected chi connectivity index (χ1v) is 9.39. The smallest absolute Gasteiger partial charge is 0.271 e. The maximum Gasteiger partial charge on any atom is 0.271 e. The average Bonchev–Trinajstić information content (AvgIpc) is 3.03. The molecule has 28 heavy (non-hydrogen) atoms. The zero-order valence-electron chi connectivity index (χ0n) is 15.4. The van der Waals surface area contributed by atoms with Crippen LogP contribution in [0.2, 0.25) is 0 Å². The van der Waals surface area contributed by atoms with Crippen LogP contribution >= 0.6 is 11.3 Å². The van der Waals surface area contributed by atoms with Crippen LogP contribution in [0.1, 0.15) is 5.56 Å². The highest BCUT2D eigenvalue weighted by Crippen LogP contribution is 2.27. The van der Waals surface area contributed by atoms with Crippen LogP contribution in [0.25, 0.3) is 6.08 Å². The van der Waals surface area contributed by atoms with Gasteiger partial charge in [-0.05, 0) is 48.0 Å². The molecule has 1 aliphatic heterocycles. The summed E-state index contributed by atoms with van der Waals surface area (Å²) in [5, 5.41) is 0. The van der Waals surface area contributed by atoms with E-state index in [1.54, 1.807) is 37.0 Å². The summed E-state index contributed by atoms with van der Waals surface area (Å²) in [5.74, 6) is 0.939. The zero-order valence-corrected chi connectivity index (χ0v) is 16.2. The van der Waals surface area contributed by atoms with Gasteiger partial charge in [0.2, 0.25) is 0 Å². The molecule has 144 valence electrons. The minimum Gasteiger partial charge on any atom is -0.493 e. The Hall–Kier alpha value is -3.13. The van der Waals surface area contributed by atoms with Crippen molar-refractivity contribution in [2.45, 2.75) is 6.67 Å². The molecule has 0 N–H and O–H groups in total. The molecular formula is C20H18FN3O3S. The minimum atomic E-state index is -0.294. The molecule has 0 amide bonds. The van der Waals surface area contributed by atoms with Gasteiger partial charge in [-0.3, -0.25) is 9.36 Å². The van der Waals surface area contributed by atoms with Crippen LogP contribution in [0.3, 0.4) is 0 Å². The average molecular weight is 399 g/mol. The Morgan fingerprint density at radius 3 is 2.57 bits per heavy atom. The first-order valence-electron chi connectivity index (χ1n) is 8.57. The lowest BCUT2D eigenvalue weighted by molar-refractivity contribution is 0.355. The van der Waals surface area contributed by atoms with Crippen molar-refractivity contribution in [3.05, 3.63) is 73.5 Å². The number of methoxy groups -OCH3 is 2. The second-order valence-electron chi connectivity index (χ2n) is 6.20. The molecule has 0 unspecified atom stereocenters. The zero-order chi connectivity index (χ0) is 19.7. The number of fused-ring (bicyclic) bond motifs is 1. The summed E-state index contributed by atoms with van der Waals surface area (Å²) in [4.78, 5) is 20.0. The van der Waals surface area contributed by atoms with E-state index in [9.17, 15) is 9.18 Å². The standard InChI is InChI=1S/C20H18FN3O3S/c1-26-16-8-3-13(9-17(16)27-2)10-18-19(25)24-12-23(11-22-20(24)28-18)15-6-4-14(21)5-7-15/h3-10H,11-12H2,1-2H3/b18-10+. The third-order valence-corrected chi connectivity index (χ3v) is 5.52. The second kappa shape index (κ2) is 7.47. The van der Waals surface area contributed by atoms with Crippen LogP contribution in [0.4, 0.5) is 10.1 Å². The Morgan fingerprint density at radius 2 is 1.86 bits per heavy atom. The summed E-state index contributed by atoms with van der Waals surface area (Å²) < 4.78 is 25.9. The Morgan fingerprint density at radius 1 is 1.11 bits per heavy atom. The van der Waals surface area contributed by atoms with Gasteiger partial charge in [0, 0.05) is 5.69 Å². The van der Waals surface area contributed by atoms with Gasteiger partial charge in [0.15, 0.2) is 16.3 Å². The topological polar surface area (TPSA) is 56.1 Å². The van der Waals surface area contributed by atoms with E-state index < -0.39 is 0 Å². The highest BCUT2D eigenvalue weighted by atomic mass is 32.1. The van der Waals surface area contributed by atoms with Crippen LogP contribution in [-0.4, -0.2) is 25.5 Å². The lowest BCUT2D eigenvalue weighted by atomic mass is 10.2. The predicted octanol–water partition coefficient (Wildman–Crippen LogP) is 1.95. The van der Waals surface area contributed by atoms with Gasteiger partial charge in [-0.25, -0.2) is 9.38 Å². The lowest BCUT2D eigenvalue weighted by Crippen LogP contribution is -2.42. The first-order chi connectivity index (χ1) is 13.6. The third-order valence-electron chi connectivity index (χ3n) is 4.47. The van der Waals surface area contributed by atoms with Crippen molar-refractivity contribution in [3.8, 4) is 11.5 Å². The second-order valence-corrected chi connectivity index (χ2v) is 7.21. The molecule has 6 nitrogen and oxygen atoms in total. The van der Waals surface area contributed by atoms with Crippen LogP contribution in [0.15, 0.2) is 52.3 Å². The number of hydrogen-bond acceptors (Lipinski definition) is 6. The lowest BCUT2D eigenvalue weighted by Gasteiger charge is -2.25. The van der Waals surface area contributed by atoms with Crippen LogP contribution in [0.5, 0.6) is 11.5 Å². The predicted molar refractivity (Wildman–Crippen MR) is 106 cm³/mol. The van der Waals surface area contributed by atoms with Gasteiger partial charge in [-0.2, -0.15) is 0 Å². The molecule has 0 bridgehead atoms. The SMILES string of the molecule is COc1ccc(/C=c2/sc3n(c2=O)CN(c2ccc(F)cc2)CN=3)cc1OC. The Bertz CT molecular complexity index is 1180. The van der Waals surface area contributed by atoms with Crippen molar-refractivity contribution in [3.63, 3.8) is 0 Å². The minimum absolute atomic E-state index is 0.106. The van der Waals surface area contributed by atoms with E-state index in [0.717, 1.165) is 11.3 Å². The number of nitrogens with zero attached hydrogens (tertiary/aromatic N) is 3. The first kappa shape index (κ1) is 18.2. The molecule has 0 aliphatic carbocycles. The molecule has 2 heterocycles. The highest BCUT2D eigenvalue weighted by molar-refractivity contribution is 7.07. The van der Waals surface area contributed by atoms with E-state index >= 15 is 0 Å². The summed E-state index contributed by atoms with van der Waals surface area (Å²) >= 11 is 1.35. The molecule has 1 aromatic heterocycles. The van der Waals surface area contributed by atoms with Gasteiger partial charge in [0.25, 0.3) is 5.56 Å². The fraction of sp³-hybridized carbons (Fsp3) is 0.200. The molecule has 2 aromatic carbocycles. The number of benzene rings is 2. The normalized spacial score (nSPS) is 13.8. The van der Waals surface area contributed by atoms with Gasteiger partial charge >= 0.3 is 0 Å². The monoisotopic (exact) mass is 399 g/mol. The summed E-state index contributed by atoms with van der Waals surface area (Å²) in [6.45, 7) is 0.793.